The van der Waals surface area contributed by atoms with E-state index in [1.54, 1.807) is 48.5 Å². The summed E-state index contributed by atoms with van der Waals surface area (Å²) in [5.41, 5.74) is 2.63. The van der Waals surface area contributed by atoms with Crippen molar-refractivity contribution in [3.8, 4) is 11.5 Å². The first-order valence-corrected chi connectivity index (χ1v) is 17.6. The van der Waals surface area contributed by atoms with Gasteiger partial charge in [0.2, 0.25) is 0 Å². The quantitative estimate of drug-likeness (QED) is 0.130. The van der Waals surface area contributed by atoms with E-state index < -0.39 is 29.9 Å². The van der Waals surface area contributed by atoms with Crippen LogP contribution in [-0.4, -0.2) is 61.8 Å². The minimum Gasteiger partial charge on any atom is -0.493 e. The molecule has 1 aliphatic heterocycles. The molecule has 1 N–H and O–H groups in total. The molecule has 1 saturated heterocycles. The van der Waals surface area contributed by atoms with Crippen LogP contribution in [0.4, 0.5) is 4.39 Å². The van der Waals surface area contributed by atoms with Gasteiger partial charge in [0.15, 0.2) is 11.5 Å². The van der Waals surface area contributed by atoms with Crippen molar-refractivity contribution in [3.05, 3.63) is 123 Å². The van der Waals surface area contributed by atoms with Gasteiger partial charge in [0.05, 0.1) is 29.8 Å². The van der Waals surface area contributed by atoms with Gasteiger partial charge in [-0.05, 0) is 84.1 Å². The molecule has 0 amide bonds. The first kappa shape index (κ1) is 38.0. The summed E-state index contributed by atoms with van der Waals surface area (Å²) in [5, 5.41) is 3.92. The van der Waals surface area contributed by atoms with Gasteiger partial charge < -0.3 is 18.9 Å². The third kappa shape index (κ3) is 9.77. The van der Waals surface area contributed by atoms with Crippen LogP contribution in [0.2, 0.25) is 10.0 Å². The van der Waals surface area contributed by atoms with Crippen LogP contribution in [0.3, 0.4) is 0 Å². The lowest BCUT2D eigenvalue weighted by Gasteiger charge is -2.36. The Morgan fingerprint density at radius 2 is 1.73 bits per heavy atom. The molecule has 1 unspecified atom stereocenters. The van der Waals surface area contributed by atoms with E-state index in [0.29, 0.717) is 50.3 Å². The molecule has 5 rings (SSSR count). The molecular formula is C39H42Cl2FN3O6. The number of ether oxygens (including phenoxy) is 4. The van der Waals surface area contributed by atoms with Crippen molar-refractivity contribution in [2.75, 3.05) is 33.9 Å². The zero-order valence-corrected chi connectivity index (χ0v) is 30.5. The Kier molecular flexibility index (Phi) is 13.3. The number of nitrogens with one attached hydrogen (secondary N) is 1. The Morgan fingerprint density at radius 3 is 2.43 bits per heavy atom. The highest BCUT2D eigenvalue weighted by Gasteiger charge is 2.32. The number of likely N-dealkylation sites (N-methyl/N-ethyl adjacent to an activating group) is 1. The maximum absolute atomic E-state index is 14.3. The zero-order chi connectivity index (χ0) is 36.5. The number of carbonyl (C=O) groups is 2. The van der Waals surface area contributed by atoms with Gasteiger partial charge in [-0.25, -0.2) is 14.0 Å². The molecule has 0 aliphatic carbocycles. The smallest absolute Gasteiger partial charge is 0.338 e. The molecule has 12 heteroatoms. The molecule has 0 bridgehead atoms. The highest BCUT2D eigenvalue weighted by molar-refractivity contribution is 6.35. The normalized spacial score (nSPS) is 17.3. The van der Waals surface area contributed by atoms with E-state index in [2.05, 4.69) is 29.0 Å². The number of methoxy groups -OCH3 is 2. The molecule has 1 fully saturated rings. The van der Waals surface area contributed by atoms with Gasteiger partial charge in [-0.2, -0.15) is 0 Å². The number of rotatable bonds is 14. The Labute approximate surface area is 308 Å². The summed E-state index contributed by atoms with van der Waals surface area (Å²) in [7, 11) is 3.06. The lowest BCUT2D eigenvalue weighted by Crippen LogP contribution is -2.46. The number of pyridine rings is 1. The van der Waals surface area contributed by atoms with Crippen molar-refractivity contribution < 1.29 is 32.9 Å². The van der Waals surface area contributed by atoms with Crippen molar-refractivity contribution in [1.29, 1.82) is 0 Å². The summed E-state index contributed by atoms with van der Waals surface area (Å²) in [5.74, 6) is -0.367. The third-order valence-electron chi connectivity index (χ3n) is 9.15. The first-order chi connectivity index (χ1) is 24.6. The van der Waals surface area contributed by atoms with Crippen molar-refractivity contribution >= 4 is 35.1 Å². The van der Waals surface area contributed by atoms with Crippen LogP contribution < -0.4 is 14.8 Å². The molecular weight excluding hydrogens is 696 g/mol. The molecule has 51 heavy (non-hydrogen) atoms. The number of aromatic nitrogens is 1. The maximum Gasteiger partial charge on any atom is 0.338 e. The highest BCUT2D eigenvalue weighted by atomic mass is 35.5. The van der Waals surface area contributed by atoms with Crippen molar-refractivity contribution in [2.45, 2.75) is 51.5 Å². The molecule has 3 aromatic carbocycles. The van der Waals surface area contributed by atoms with Gasteiger partial charge in [0, 0.05) is 31.9 Å². The second-order valence-corrected chi connectivity index (χ2v) is 13.3. The molecule has 270 valence electrons. The van der Waals surface area contributed by atoms with Crippen molar-refractivity contribution in [2.24, 2.45) is 5.92 Å². The van der Waals surface area contributed by atoms with E-state index in [9.17, 15) is 14.0 Å². The van der Waals surface area contributed by atoms with E-state index in [1.165, 1.54) is 38.7 Å². The van der Waals surface area contributed by atoms with E-state index in [4.69, 9.17) is 42.1 Å². The van der Waals surface area contributed by atoms with Crippen LogP contribution >= 0.6 is 23.2 Å². The average molecular weight is 739 g/mol. The molecule has 0 radical (unpaired) electrons. The minimum atomic E-state index is -0.940. The summed E-state index contributed by atoms with van der Waals surface area (Å²) in [6, 6.07) is 17.1. The van der Waals surface area contributed by atoms with E-state index in [-0.39, 0.29) is 30.6 Å². The lowest BCUT2D eigenvalue weighted by molar-refractivity contribution is -0.157. The van der Waals surface area contributed by atoms with Gasteiger partial charge in [-0.3, -0.25) is 15.2 Å². The fourth-order valence-electron chi connectivity index (χ4n) is 6.10. The third-order valence-corrected chi connectivity index (χ3v) is 9.80. The average Bonchev–Trinajstić information content (AvgIpc) is 3.13. The van der Waals surface area contributed by atoms with Gasteiger partial charge in [-0.1, -0.05) is 67.4 Å². The second kappa shape index (κ2) is 17.8. The highest BCUT2D eigenvalue weighted by Crippen LogP contribution is 2.35. The molecule has 4 atom stereocenters. The molecule has 0 spiro atoms. The fourth-order valence-corrected chi connectivity index (χ4v) is 6.62. The van der Waals surface area contributed by atoms with Crippen molar-refractivity contribution in [3.63, 3.8) is 0 Å². The Bertz CT molecular complexity index is 1810. The van der Waals surface area contributed by atoms with Crippen molar-refractivity contribution in [1.82, 2.24) is 15.2 Å². The number of esters is 2. The van der Waals surface area contributed by atoms with E-state index in [0.717, 1.165) is 19.5 Å². The van der Waals surface area contributed by atoms with Gasteiger partial charge in [0.25, 0.3) is 0 Å². The summed E-state index contributed by atoms with van der Waals surface area (Å²) in [6.07, 6.45) is 2.95. The number of halogens is 3. The number of nitrogens with zero attached hydrogens (tertiary/aromatic N) is 2. The molecule has 1 aliphatic rings. The first-order valence-electron chi connectivity index (χ1n) is 16.8. The fraction of sp³-hybridized carbons (Fsp3) is 0.359. The van der Waals surface area contributed by atoms with E-state index >= 15 is 0 Å². The summed E-state index contributed by atoms with van der Waals surface area (Å²) >= 11 is 12.9. The largest absolute Gasteiger partial charge is 0.493 e. The van der Waals surface area contributed by atoms with Crippen LogP contribution in [0.15, 0.2) is 79.1 Å². The van der Waals surface area contributed by atoms with Crippen LogP contribution in [0.1, 0.15) is 65.0 Å². The Balaban J connectivity index is 1.36. The number of carbonyl (C=O) groups excluding carboxylic acids is 2. The van der Waals surface area contributed by atoms with Gasteiger partial charge in [0.1, 0.15) is 24.1 Å². The minimum absolute atomic E-state index is 0.162. The van der Waals surface area contributed by atoms with Gasteiger partial charge in [-0.15, -0.1) is 0 Å². The summed E-state index contributed by atoms with van der Waals surface area (Å²) in [6.45, 7) is 6.81. The molecule has 1 aromatic heterocycles. The predicted molar refractivity (Wildman–Crippen MR) is 194 cm³/mol. The maximum atomic E-state index is 14.3. The van der Waals surface area contributed by atoms with Crippen LogP contribution in [-0.2, 0) is 27.2 Å². The number of benzene rings is 3. The summed E-state index contributed by atoms with van der Waals surface area (Å²) in [4.78, 5) is 33.7. The SMILES string of the molecule is CCN1CCC(C)[C@@H](OC(=O)[C@H](NCc2cccc(C(=O)O[C@@H](Cc3c(Cl)cncc3Cl)c3ccc(OC)c(OC)c3)c2)c2cccc(F)c2)C1. The van der Waals surface area contributed by atoms with Crippen LogP contribution in [0.25, 0.3) is 0 Å². The topological polar surface area (TPSA) is 99.2 Å². The standard InChI is InChI=1S/C39H42Cl2FN3O6/c1-5-45-15-14-24(2)36(23-45)51-39(47)37(27-9-7-11-29(42)17-27)44-20-25-8-6-10-28(16-25)38(46)50-34(19-30-31(40)21-43-22-32(30)41)26-12-13-33(48-3)35(18-26)49-4/h6-13,16-18,21-22,24,34,36-37,44H,5,14-15,19-20,23H2,1-4H3/t24?,34-,36-,37+/m0/s1. The van der Waals surface area contributed by atoms with Crippen LogP contribution in [0.5, 0.6) is 11.5 Å². The van der Waals surface area contributed by atoms with Gasteiger partial charge >= 0.3 is 11.9 Å². The molecule has 4 aromatic rings. The van der Waals surface area contributed by atoms with E-state index in [1.807, 2.05) is 6.07 Å². The second-order valence-electron chi connectivity index (χ2n) is 12.5. The number of piperidine rings is 1. The van der Waals surface area contributed by atoms with Crippen LogP contribution in [0, 0.1) is 11.7 Å². The Morgan fingerprint density at radius 1 is 0.980 bits per heavy atom. The summed E-state index contributed by atoms with van der Waals surface area (Å²) < 4.78 is 37.4. The molecule has 2 heterocycles. The number of likely N-dealkylation sites (tertiary alicyclic amines) is 1. The zero-order valence-electron chi connectivity index (χ0n) is 29.0. The lowest BCUT2D eigenvalue weighted by atomic mass is 9.95. The monoisotopic (exact) mass is 737 g/mol. The number of hydrogen-bond acceptors (Lipinski definition) is 9. The Hall–Kier alpha value is -4.22. The number of hydrogen-bond donors (Lipinski definition) is 1. The molecule has 0 saturated carbocycles. The predicted octanol–water partition coefficient (Wildman–Crippen LogP) is 7.79. The molecule has 9 nitrogen and oxygen atoms in total.